The van der Waals surface area contributed by atoms with Crippen LogP contribution in [0.5, 0.6) is 5.75 Å². The van der Waals surface area contributed by atoms with Crippen LogP contribution in [0.25, 0.3) is 0 Å². The van der Waals surface area contributed by atoms with Gasteiger partial charge in [0.25, 0.3) is 5.91 Å². The van der Waals surface area contributed by atoms with Crippen molar-refractivity contribution in [1.29, 1.82) is 5.26 Å². The Hall–Kier alpha value is -2.23. The third-order valence-electron chi connectivity index (χ3n) is 3.87. The van der Waals surface area contributed by atoms with Crippen LogP contribution < -0.4 is 10.1 Å². The maximum Gasteiger partial charge on any atom is 0.391 e. The molecule has 1 aliphatic carbocycles. The molecule has 2 atom stereocenters. The summed E-state index contributed by atoms with van der Waals surface area (Å²) in [5, 5.41) is 11.5. The van der Waals surface area contributed by atoms with Gasteiger partial charge >= 0.3 is 6.18 Å². The van der Waals surface area contributed by atoms with Crippen LogP contribution in [0.4, 0.5) is 13.2 Å². The molecule has 1 aliphatic rings. The molecule has 1 N–H and O–H groups in total. The molecular weight excluding hydrogens is 309 g/mol. The van der Waals surface area contributed by atoms with Gasteiger partial charge in [0.2, 0.25) is 0 Å². The van der Waals surface area contributed by atoms with Crippen LogP contribution in [-0.2, 0) is 4.79 Å². The van der Waals surface area contributed by atoms with Crippen LogP contribution in [0, 0.1) is 17.2 Å². The molecule has 23 heavy (non-hydrogen) atoms. The lowest BCUT2D eigenvalue weighted by Crippen LogP contribution is -2.43. The summed E-state index contributed by atoms with van der Waals surface area (Å²) in [6, 6.07) is 7.91. The zero-order valence-electron chi connectivity index (χ0n) is 12.4. The number of hydrogen-bond donors (Lipinski definition) is 1. The Morgan fingerprint density at radius 3 is 2.78 bits per heavy atom. The number of amides is 1. The van der Waals surface area contributed by atoms with Crippen molar-refractivity contribution in [3.05, 3.63) is 29.8 Å². The Balaban J connectivity index is 1.84. The predicted octanol–water partition coefficient (Wildman–Crippen LogP) is 3.17. The monoisotopic (exact) mass is 326 g/mol. The fraction of sp³-hybridized carbons (Fsp3) is 0.500. The number of para-hydroxylation sites is 1. The summed E-state index contributed by atoms with van der Waals surface area (Å²) in [7, 11) is 0. The van der Waals surface area contributed by atoms with Gasteiger partial charge < -0.3 is 10.1 Å². The Labute approximate surface area is 132 Å². The van der Waals surface area contributed by atoms with E-state index in [9.17, 15) is 18.0 Å². The maximum absolute atomic E-state index is 12.7. The summed E-state index contributed by atoms with van der Waals surface area (Å²) in [6.07, 6.45) is -3.22. The van der Waals surface area contributed by atoms with Gasteiger partial charge in [-0.1, -0.05) is 18.6 Å². The van der Waals surface area contributed by atoms with Gasteiger partial charge in [-0.25, -0.2) is 0 Å². The molecule has 0 radical (unpaired) electrons. The molecular formula is C16H17F3N2O2. The van der Waals surface area contributed by atoms with Crippen LogP contribution in [0.3, 0.4) is 0 Å². The van der Waals surface area contributed by atoms with Crippen molar-refractivity contribution in [2.45, 2.75) is 37.9 Å². The fourth-order valence-corrected chi connectivity index (χ4v) is 2.72. The Morgan fingerprint density at radius 2 is 2.09 bits per heavy atom. The minimum absolute atomic E-state index is 0.0932. The van der Waals surface area contributed by atoms with E-state index in [-0.39, 0.29) is 25.2 Å². The molecule has 1 aromatic rings. The van der Waals surface area contributed by atoms with Gasteiger partial charge in [0.1, 0.15) is 11.8 Å². The van der Waals surface area contributed by atoms with Gasteiger partial charge in [-0.3, -0.25) is 4.79 Å². The SMILES string of the molecule is N#Cc1ccccc1OCC(=O)NC1CCCC(C(F)(F)F)C1. The van der Waals surface area contributed by atoms with Crippen molar-refractivity contribution in [1.82, 2.24) is 5.32 Å². The number of alkyl halides is 3. The topological polar surface area (TPSA) is 62.1 Å². The van der Waals surface area contributed by atoms with Gasteiger partial charge in [0, 0.05) is 6.04 Å². The summed E-state index contributed by atoms with van der Waals surface area (Å²) in [4.78, 5) is 11.8. The summed E-state index contributed by atoms with van der Waals surface area (Å²) in [5.41, 5.74) is 0.301. The number of nitrogens with one attached hydrogen (secondary N) is 1. The van der Waals surface area contributed by atoms with Crippen molar-refractivity contribution in [2.24, 2.45) is 5.92 Å². The van der Waals surface area contributed by atoms with Crippen LogP contribution in [0.15, 0.2) is 24.3 Å². The Bertz CT molecular complexity index is 596. The van der Waals surface area contributed by atoms with E-state index in [1.807, 2.05) is 6.07 Å². The van der Waals surface area contributed by atoms with E-state index in [1.54, 1.807) is 24.3 Å². The van der Waals surface area contributed by atoms with Crippen LogP contribution in [0.1, 0.15) is 31.2 Å². The van der Waals surface area contributed by atoms with Gasteiger partial charge in [0.15, 0.2) is 6.61 Å². The first-order chi connectivity index (χ1) is 10.9. The molecule has 124 valence electrons. The van der Waals surface area contributed by atoms with Crippen LogP contribution in [-0.4, -0.2) is 24.7 Å². The van der Waals surface area contributed by atoms with Crippen molar-refractivity contribution in [2.75, 3.05) is 6.61 Å². The minimum atomic E-state index is -4.22. The average Bonchev–Trinajstić information content (AvgIpc) is 2.52. The zero-order valence-corrected chi connectivity index (χ0v) is 12.4. The highest BCUT2D eigenvalue weighted by Crippen LogP contribution is 2.37. The number of benzene rings is 1. The first-order valence-corrected chi connectivity index (χ1v) is 7.38. The number of nitrogens with zero attached hydrogens (tertiary/aromatic N) is 1. The maximum atomic E-state index is 12.7. The van der Waals surface area contributed by atoms with Gasteiger partial charge in [0.05, 0.1) is 11.5 Å². The Kier molecular flexibility index (Phi) is 5.48. The third-order valence-corrected chi connectivity index (χ3v) is 3.87. The summed E-state index contributed by atoms with van der Waals surface area (Å²) < 4.78 is 43.5. The van der Waals surface area contributed by atoms with Crippen molar-refractivity contribution in [3.8, 4) is 11.8 Å². The molecule has 2 unspecified atom stereocenters. The lowest BCUT2D eigenvalue weighted by molar-refractivity contribution is -0.184. The van der Waals surface area contributed by atoms with Crippen LogP contribution >= 0.6 is 0 Å². The normalized spacial score (nSPS) is 21.3. The summed E-state index contributed by atoms with van der Waals surface area (Å²) in [5.74, 6) is -1.56. The number of carbonyl (C=O) groups excluding carboxylic acids is 1. The van der Waals surface area contributed by atoms with E-state index in [0.717, 1.165) is 0 Å². The second-order valence-corrected chi connectivity index (χ2v) is 5.57. The number of rotatable bonds is 4. The second-order valence-electron chi connectivity index (χ2n) is 5.57. The fourth-order valence-electron chi connectivity index (χ4n) is 2.72. The van der Waals surface area contributed by atoms with Gasteiger partial charge in [-0.05, 0) is 31.4 Å². The molecule has 0 bridgehead atoms. The molecule has 4 nitrogen and oxygen atoms in total. The smallest absolute Gasteiger partial charge is 0.391 e. The summed E-state index contributed by atoms with van der Waals surface area (Å²) in [6.45, 7) is -0.328. The molecule has 1 aromatic carbocycles. The molecule has 1 fully saturated rings. The molecule has 1 saturated carbocycles. The van der Waals surface area contributed by atoms with E-state index >= 15 is 0 Å². The quantitative estimate of drug-likeness (QED) is 0.924. The number of carbonyl (C=O) groups is 1. The van der Waals surface area contributed by atoms with Gasteiger partial charge in [-0.2, -0.15) is 18.4 Å². The Morgan fingerprint density at radius 1 is 1.35 bits per heavy atom. The zero-order chi connectivity index (χ0) is 16.9. The lowest BCUT2D eigenvalue weighted by Gasteiger charge is -2.31. The first-order valence-electron chi connectivity index (χ1n) is 7.38. The second kappa shape index (κ2) is 7.36. The number of nitriles is 1. The molecule has 0 aliphatic heterocycles. The highest BCUT2D eigenvalue weighted by molar-refractivity contribution is 5.77. The van der Waals surface area contributed by atoms with Crippen LogP contribution in [0.2, 0.25) is 0 Å². The van der Waals surface area contributed by atoms with E-state index in [2.05, 4.69) is 5.32 Å². The molecule has 0 spiro atoms. The summed E-state index contributed by atoms with van der Waals surface area (Å²) >= 11 is 0. The van der Waals surface area contributed by atoms with Crippen molar-refractivity contribution in [3.63, 3.8) is 0 Å². The minimum Gasteiger partial charge on any atom is -0.482 e. The number of hydrogen-bond acceptors (Lipinski definition) is 3. The standard InChI is InChI=1S/C16H17F3N2O2/c17-16(18,19)12-5-3-6-13(8-12)21-15(22)10-23-14-7-2-1-4-11(14)9-20/h1-2,4,7,12-13H,3,5-6,8,10H2,(H,21,22). The largest absolute Gasteiger partial charge is 0.482 e. The number of halogens is 3. The third kappa shape index (κ3) is 4.88. The molecule has 0 saturated heterocycles. The molecule has 7 heteroatoms. The molecule has 0 heterocycles. The van der Waals surface area contributed by atoms with Gasteiger partial charge in [-0.15, -0.1) is 0 Å². The molecule has 0 aromatic heterocycles. The number of ether oxygens (including phenoxy) is 1. The van der Waals surface area contributed by atoms with E-state index in [1.165, 1.54) is 0 Å². The van der Waals surface area contributed by atoms with E-state index < -0.39 is 24.0 Å². The van der Waals surface area contributed by atoms with Crippen molar-refractivity contribution < 1.29 is 22.7 Å². The average molecular weight is 326 g/mol. The van der Waals surface area contributed by atoms with E-state index in [4.69, 9.17) is 10.00 Å². The predicted molar refractivity (Wildman–Crippen MR) is 76.6 cm³/mol. The van der Waals surface area contributed by atoms with Crippen molar-refractivity contribution >= 4 is 5.91 Å². The molecule has 1 amide bonds. The van der Waals surface area contributed by atoms with E-state index in [0.29, 0.717) is 18.4 Å². The first kappa shape index (κ1) is 17.1. The lowest BCUT2D eigenvalue weighted by atomic mass is 9.85. The highest BCUT2D eigenvalue weighted by atomic mass is 19.4. The molecule has 2 rings (SSSR count). The highest BCUT2D eigenvalue weighted by Gasteiger charge is 2.42.